The molecule has 0 saturated carbocycles. The minimum atomic E-state index is -0.0871. The van der Waals surface area contributed by atoms with Crippen LogP contribution in [0.3, 0.4) is 0 Å². The van der Waals surface area contributed by atoms with E-state index in [1.165, 1.54) is 32.9 Å². The highest BCUT2D eigenvalue weighted by molar-refractivity contribution is 6.12. The molecule has 0 aliphatic rings. The molecule has 0 unspecified atom stereocenters. The summed E-state index contributed by atoms with van der Waals surface area (Å²) in [7, 11) is 0. The van der Waals surface area contributed by atoms with Crippen LogP contribution in [-0.4, -0.2) is 18.7 Å². The molecule has 0 fully saturated rings. The maximum atomic E-state index is 6.94. The van der Waals surface area contributed by atoms with Gasteiger partial charge in [-0.1, -0.05) is 190 Å². The topological polar surface area (TPSA) is 40.8 Å². The Morgan fingerprint density at radius 1 is 0.447 bits per heavy atom. The maximum Gasteiger partial charge on any atom is 0.269 e. The number of nitrogens with zero attached hydrogens (tertiary/aromatic N) is 5. The van der Waals surface area contributed by atoms with Gasteiger partial charge in [0, 0.05) is 39.5 Å². The van der Waals surface area contributed by atoms with Crippen LogP contribution in [-0.2, 0) is 11.8 Å². The van der Waals surface area contributed by atoms with Crippen molar-refractivity contribution in [3.63, 3.8) is 0 Å². The van der Waals surface area contributed by atoms with Crippen LogP contribution in [0.1, 0.15) is 25.0 Å². The van der Waals surface area contributed by atoms with Crippen LogP contribution in [0.4, 0.5) is 0 Å². The van der Waals surface area contributed by atoms with Crippen molar-refractivity contribution >= 4 is 54.6 Å². The third-order valence-corrected chi connectivity index (χ3v) is 15.1. The van der Waals surface area contributed by atoms with E-state index in [9.17, 15) is 0 Å². The normalized spacial score (nSPS) is 11.9. The van der Waals surface area contributed by atoms with Gasteiger partial charge < -0.3 is 9.30 Å². The third-order valence-electron chi connectivity index (χ3n) is 15.1. The molecular formula is C70H51N5O. The molecule has 6 heteroatoms. The van der Waals surface area contributed by atoms with Crippen LogP contribution in [0, 0.1) is 6.33 Å². The number of hydrogen-bond donors (Lipinski definition) is 0. The minimum absolute atomic E-state index is 0.0871. The first-order chi connectivity index (χ1) is 37.4. The first-order valence-corrected chi connectivity index (χ1v) is 26.0. The smallest absolute Gasteiger partial charge is 0.269 e. The molecule has 0 spiro atoms. The number of ether oxygens (including phenoxy) is 1. The van der Waals surface area contributed by atoms with Gasteiger partial charge in [0.2, 0.25) is 0 Å². The van der Waals surface area contributed by atoms with Crippen LogP contribution >= 0.6 is 0 Å². The van der Waals surface area contributed by atoms with E-state index in [1.807, 2.05) is 12.3 Å². The Balaban J connectivity index is 0.891. The quantitative estimate of drug-likeness (QED) is 0.0957. The van der Waals surface area contributed by atoms with Gasteiger partial charge in [0.15, 0.2) is 0 Å². The molecule has 0 amide bonds. The predicted molar refractivity (Wildman–Crippen MR) is 311 cm³/mol. The highest BCUT2D eigenvalue weighted by Gasteiger charge is 2.24. The summed E-state index contributed by atoms with van der Waals surface area (Å²) in [6.45, 7) is 4.64. The van der Waals surface area contributed by atoms with E-state index in [1.54, 1.807) is 0 Å². The number of para-hydroxylation sites is 5. The van der Waals surface area contributed by atoms with Crippen molar-refractivity contribution in [3.05, 3.63) is 278 Å². The number of pyridine rings is 1. The van der Waals surface area contributed by atoms with Gasteiger partial charge in [-0.2, -0.15) is 0 Å². The van der Waals surface area contributed by atoms with E-state index in [4.69, 9.17) is 9.72 Å². The second kappa shape index (κ2) is 18.3. The van der Waals surface area contributed by atoms with E-state index in [0.717, 1.165) is 90.1 Å². The lowest BCUT2D eigenvalue weighted by Crippen LogP contribution is -2.31. The van der Waals surface area contributed by atoms with Gasteiger partial charge in [-0.3, -0.25) is 13.7 Å². The van der Waals surface area contributed by atoms with Gasteiger partial charge in [-0.25, -0.2) is 4.98 Å². The van der Waals surface area contributed by atoms with Crippen LogP contribution in [0.15, 0.2) is 261 Å². The molecule has 6 nitrogen and oxygen atoms in total. The van der Waals surface area contributed by atoms with Gasteiger partial charge in [-0.15, -0.1) is 0 Å². The molecular weight excluding hydrogens is 927 g/mol. The molecule has 0 bridgehead atoms. The van der Waals surface area contributed by atoms with E-state index < -0.39 is 0 Å². The minimum Gasteiger partial charge on any atom is -0.458 e. The van der Waals surface area contributed by atoms with Gasteiger partial charge in [0.1, 0.15) is 17.3 Å². The summed E-state index contributed by atoms with van der Waals surface area (Å²) in [6.07, 6.45) is 6.64. The van der Waals surface area contributed by atoms with Crippen molar-refractivity contribution in [2.24, 2.45) is 0 Å². The van der Waals surface area contributed by atoms with E-state index >= 15 is 0 Å². The predicted octanol–water partition coefficient (Wildman–Crippen LogP) is 16.9. The first kappa shape index (κ1) is 44.9. The lowest BCUT2D eigenvalue weighted by atomic mass is 9.79. The average molecular weight is 978 g/mol. The Labute approximate surface area is 441 Å². The van der Waals surface area contributed by atoms with Crippen LogP contribution in [0.5, 0.6) is 11.5 Å². The number of rotatable bonds is 11. The lowest BCUT2D eigenvalue weighted by Gasteiger charge is -2.25. The average Bonchev–Trinajstić information content (AvgIpc) is 4.23. The number of imidazole rings is 1. The molecule has 14 rings (SSSR count). The van der Waals surface area contributed by atoms with Crippen molar-refractivity contribution < 1.29 is 9.30 Å². The van der Waals surface area contributed by atoms with Gasteiger partial charge >= 0.3 is 0 Å². The molecule has 4 heterocycles. The van der Waals surface area contributed by atoms with Crippen molar-refractivity contribution in [1.29, 1.82) is 0 Å². The van der Waals surface area contributed by atoms with E-state index in [2.05, 4.69) is 287 Å². The molecule has 362 valence electrons. The van der Waals surface area contributed by atoms with E-state index in [0.29, 0.717) is 5.75 Å². The Morgan fingerprint density at radius 2 is 1.04 bits per heavy atom. The summed E-state index contributed by atoms with van der Waals surface area (Å²) in [4.78, 5) is 5.10. The summed E-state index contributed by atoms with van der Waals surface area (Å²) in [5.41, 5.74) is 16.5. The Bertz CT molecular complexity index is 4380. The van der Waals surface area contributed by atoms with E-state index in [-0.39, 0.29) is 5.41 Å². The molecule has 0 saturated heterocycles. The maximum absolute atomic E-state index is 6.94. The van der Waals surface area contributed by atoms with Crippen molar-refractivity contribution in [3.8, 4) is 56.6 Å². The fourth-order valence-electron chi connectivity index (χ4n) is 11.6. The van der Waals surface area contributed by atoms with Crippen LogP contribution < -0.4 is 9.30 Å². The SMILES string of the molecule is CC(C)(Cc1ccnc(-n2c3ccc(-n4c5ccccc5c5ccccc54)cc3c3ccc(Oc4cccc(-n5[c-][n+](-c6c(-c7ccccc7)cccc6-c6ccccc6)c6ccccc65)c4)cc32)c1)c1ccccc1. The highest BCUT2D eigenvalue weighted by atomic mass is 16.5. The zero-order valence-corrected chi connectivity index (χ0v) is 42.2. The number of benzene rings is 10. The summed E-state index contributed by atoms with van der Waals surface area (Å²) >= 11 is 0. The summed E-state index contributed by atoms with van der Waals surface area (Å²) in [6, 6.07) is 90.5. The van der Waals surface area contributed by atoms with Gasteiger partial charge in [0.25, 0.3) is 6.33 Å². The fraction of sp³-hybridized carbons (Fsp3) is 0.0571. The molecule has 0 aliphatic carbocycles. The lowest BCUT2D eigenvalue weighted by molar-refractivity contribution is -0.571. The molecule has 14 aromatic rings. The summed E-state index contributed by atoms with van der Waals surface area (Å²) in [5.74, 6) is 2.29. The highest BCUT2D eigenvalue weighted by Crippen LogP contribution is 2.40. The molecule has 10 aromatic carbocycles. The van der Waals surface area contributed by atoms with Gasteiger partial charge in [0.05, 0.1) is 44.5 Å². The second-order valence-electron chi connectivity index (χ2n) is 20.3. The van der Waals surface area contributed by atoms with Gasteiger partial charge in [-0.05, 0) is 118 Å². The molecule has 76 heavy (non-hydrogen) atoms. The monoisotopic (exact) mass is 977 g/mol. The first-order valence-electron chi connectivity index (χ1n) is 26.0. The fourth-order valence-corrected chi connectivity index (χ4v) is 11.6. The third kappa shape index (κ3) is 7.73. The molecule has 0 N–H and O–H groups in total. The molecule has 0 aliphatic heterocycles. The number of aromatic nitrogens is 5. The molecule has 0 atom stereocenters. The number of hydrogen-bond acceptors (Lipinski definition) is 2. The summed E-state index contributed by atoms with van der Waals surface area (Å²) < 4.78 is 16.0. The van der Waals surface area contributed by atoms with Crippen molar-refractivity contribution in [1.82, 2.24) is 18.7 Å². The Kier molecular flexibility index (Phi) is 10.8. The van der Waals surface area contributed by atoms with Crippen LogP contribution in [0.25, 0.3) is 99.8 Å². The van der Waals surface area contributed by atoms with Crippen molar-refractivity contribution in [2.45, 2.75) is 25.7 Å². The largest absolute Gasteiger partial charge is 0.458 e. The second-order valence-corrected chi connectivity index (χ2v) is 20.3. The summed E-state index contributed by atoms with van der Waals surface area (Å²) in [5, 5.41) is 4.71. The molecule has 4 aromatic heterocycles. The zero-order chi connectivity index (χ0) is 50.7. The number of fused-ring (bicyclic) bond motifs is 7. The Hall–Kier alpha value is -9.78. The zero-order valence-electron chi connectivity index (χ0n) is 42.2. The van der Waals surface area contributed by atoms with Crippen LogP contribution in [0.2, 0.25) is 0 Å². The van der Waals surface area contributed by atoms with Crippen molar-refractivity contribution in [2.75, 3.05) is 0 Å². The molecule has 0 radical (unpaired) electrons. The Morgan fingerprint density at radius 3 is 1.75 bits per heavy atom. The standard InChI is InChI=1S/C70H51N5O/c1-70(2,51-24-10-5-11-25-51)46-48-40-41-71-68(42-48)75-64-39-36-53(74-62-32-14-12-28-58(62)59-29-13-15-33-63(59)74)44-61(64)60-38-37-55(45-67(60)75)76-54-27-18-26-52(43-54)72-47-73(66-35-17-16-34-65(66)72)69-56(49-20-6-3-7-21-49)30-19-31-57(69)50-22-8-4-9-23-50/h3-45H,46H2,1-2H3.